The monoisotopic (exact) mass is 366 g/mol. The molecule has 1 fully saturated rings. The van der Waals surface area contributed by atoms with E-state index in [0.717, 1.165) is 31.2 Å². The number of nitrogens with two attached hydrogens (primary N) is 1. The third-order valence-corrected chi connectivity index (χ3v) is 4.37. The van der Waals surface area contributed by atoms with E-state index in [-0.39, 0.29) is 35.9 Å². The summed E-state index contributed by atoms with van der Waals surface area (Å²) < 4.78 is 23.3. The lowest BCUT2D eigenvalue weighted by Gasteiger charge is -2.27. The Bertz CT molecular complexity index is 879. The molecule has 25 heavy (non-hydrogen) atoms. The van der Waals surface area contributed by atoms with Crippen LogP contribution in [0, 0.1) is 5.82 Å². The van der Waals surface area contributed by atoms with Crippen molar-refractivity contribution in [2.45, 2.75) is 37.8 Å². The molecule has 0 aliphatic heterocycles. The van der Waals surface area contributed by atoms with E-state index in [1.165, 1.54) is 10.7 Å². The van der Waals surface area contributed by atoms with Crippen molar-refractivity contribution in [3.63, 3.8) is 0 Å². The first-order valence-corrected chi connectivity index (χ1v) is 8.05. The molecule has 3 aromatic rings. The first-order valence-electron chi connectivity index (χ1n) is 8.05. The van der Waals surface area contributed by atoms with Gasteiger partial charge in [-0.15, -0.1) is 12.4 Å². The lowest BCUT2D eigenvalue weighted by Crippen LogP contribution is -2.34. The van der Waals surface area contributed by atoms with E-state index in [4.69, 9.17) is 10.5 Å². The molecule has 0 unspecified atom stereocenters. The van der Waals surface area contributed by atoms with Crippen molar-refractivity contribution in [2.75, 3.05) is 0 Å². The molecule has 1 saturated carbocycles. The molecule has 0 amide bonds. The fourth-order valence-corrected chi connectivity index (χ4v) is 3.17. The van der Waals surface area contributed by atoms with Crippen molar-refractivity contribution in [3.8, 4) is 17.1 Å². The maximum atomic E-state index is 14.1. The molecule has 4 rings (SSSR count). The average molecular weight is 367 g/mol. The van der Waals surface area contributed by atoms with Gasteiger partial charge in [0.25, 0.3) is 0 Å². The number of hydrogen-bond donors (Lipinski definition) is 1. The highest BCUT2D eigenvalue weighted by Crippen LogP contribution is 2.29. The minimum atomic E-state index is -0.449. The fourth-order valence-electron chi connectivity index (χ4n) is 3.17. The SMILES string of the molecule is Cl.Cn1cc(-c2cn3ncc(F)c3c(O[C@@H]3CCC[C@H](N)C3)n2)cn1. The molecule has 3 heterocycles. The molecule has 3 aromatic heterocycles. The van der Waals surface area contributed by atoms with Crippen molar-refractivity contribution >= 4 is 17.9 Å². The van der Waals surface area contributed by atoms with Crippen LogP contribution in [0.15, 0.2) is 24.8 Å². The van der Waals surface area contributed by atoms with E-state index in [0.29, 0.717) is 5.69 Å². The second-order valence-corrected chi connectivity index (χ2v) is 6.29. The van der Waals surface area contributed by atoms with Crippen LogP contribution < -0.4 is 10.5 Å². The zero-order valence-corrected chi connectivity index (χ0v) is 14.6. The predicted octanol–water partition coefficient (Wildman–Crippen LogP) is 2.34. The van der Waals surface area contributed by atoms with Crippen LogP contribution in [0.5, 0.6) is 5.88 Å². The number of aromatic nitrogens is 5. The van der Waals surface area contributed by atoms with E-state index in [1.807, 2.05) is 13.2 Å². The average Bonchev–Trinajstić information content (AvgIpc) is 3.14. The molecule has 0 saturated heterocycles. The molecule has 1 aliphatic rings. The van der Waals surface area contributed by atoms with Gasteiger partial charge in [-0.1, -0.05) is 0 Å². The van der Waals surface area contributed by atoms with E-state index in [9.17, 15) is 4.39 Å². The van der Waals surface area contributed by atoms with Gasteiger partial charge in [0, 0.05) is 24.8 Å². The lowest BCUT2D eigenvalue weighted by molar-refractivity contribution is 0.140. The standard InChI is InChI=1S/C16H19FN6O.ClH/c1-22-8-10(6-19-22)14-9-23-15(13(17)7-20-23)16(21-14)24-12-4-2-3-11(18)5-12;/h6-9,11-12H,2-5,18H2,1H3;1H/t11-,12+;/m0./s1. The second kappa shape index (κ2) is 6.97. The summed E-state index contributed by atoms with van der Waals surface area (Å²) in [6.45, 7) is 0. The highest BCUT2D eigenvalue weighted by atomic mass is 35.5. The van der Waals surface area contributed by atoms with Gasteiger partial charge in [-0.25, -0.2) is 13.9 Å². The van der Waals surface area contributed by atoms with Gasteiger partial charge in [0.2, 0.25) is 5.88 Å². The lowest BCUT2D eigenvalue weighted by atomic mass is 9.94. The minimum absolute atomic E-state index is 0. The van der Waals surface area contributed by atoms with Crippen LogP contribution in [0.2, 0.25) is 0 Å². The van der Waals surface area contributed by atoms with E-state index in [2.05, 4.69) is 15.2 Å². The molecule has 0 spiro atoms. The number of halogens is 2. The molecule has 134 valence electrons. The third-order valence-electron chi connectivity index (χ3n) is 4.37. The first kappa shape index (κ1) is 17.6. The maximum absolute atomic E-state index is 14.1. The van der Waals surface area contributed by atoms with Crippen molar-refractivity contribution < 1.29 is 9.13 Å². The smallest absolute Gasteiger partial charge is 0.244 e. The molecule has 0 radical (unpaired) electrons. The molecule has 0 bridgehead atoms. The van der Waals surface area contributed by atoms with E-state index >= 15 is 0 Å². The normalized spacial score (nSPS) is 20.4. The highest BCUT2D eigenvalue weighted by molar-refractivity contribution is 5.85. The van der Waals surface area contributed by atoms with E-state index in [1.54, 1.807) is 17.1 Å². The Hall–Kier alpha value is -2.19. The van der Waals surface area contributed by atoms with Crippen LogP contribution in [0.4, 0.5) is 4.39 Å². The summed E-state index contributed by atoms with van der Waals surface area (Å²) in [5, 5.41) is 8.20. The topological polar surface area (TPSA) is 83.3 Å². The third kappa shape index (κ3) is 3.45. The number of ether oxygens (including phenoxy) is 1. The van der Waals surface area contributed by atoms with Gasteiger partial charge < -0.3 is 10.5 Å². The Labute approximate surface area is 150 Å². The van der Waals surface area contributed by atoms with Crippen molar-refractivity contribution in [2.24, 2.45) is 12.8 Å². The zero-order valence-electron chi connectivity index (χ0n) is 13.8. The number of rotatable bonds is 3. The largest absolute Gasteiger partial charge is 0.473 e. The summed E-state index contributed by atoms with van der Waals surface area (Å²) >= 11 is 0. The van der Waals surface area contributed by atoms with Crippen LogP contribution in [0.25, 0.3) is 16.8 Å². The van der Waals surface area contributed by atoms with Gasteiger partial charge in [-0.3, -0.25) is 4.68 Å². The van der Waals surface area contributed by atoms with Gasteiger partial charge in [-0.2, -0.15) is 10.2 Å². The Morgan fingerprint density at radius 1 is 1.24 bits per heavy atom. The number of nitrogens with zero attached hydrogens (tertiary/aromatic N) is 5. The zero-order chi connectivity index (χ0) is 16.7. The van der Waals surface area contributed by atoms with Crippen LogP contribution in [0.1, 0.15) is 25.7 Å². The van der Waals surface area contributed by atoms with Crippen LogP contribution >= 0.6 is 12.4 Å². The van der Waals surface area contributed by atoms with Crippen molar-refractivity contribution in [3.05, 3.63) is 30.6 Å². The summed E-state index contributed by atoms with van der Waals surface area (Å²) in [7, 11) is 1.83. The summed E-state index contributed by atoms with van der Waals surface area (Å²) in [6, 6.07) is 0.121. The molecule has 9 heteroatoms. The number of aryl methyl sites for hydroxylation is 1. The molecule has 0 aromatic carbocycles. The van der Waals surface area contributed by atoms with Crippen LogP contribution in [0.3, 0.4) is 0 Å². The Kier molecular flexibility index (Phi) is 4.91. The van der Waals surface area contributed by atoms with Gasteiger partial charge in [-0.05, 0) is 25.7 Å². The fraction of sp³-hybridized carbons (Fsp3) is 0.438. The Balaban J connectivity index is 0.00000182. The number of fused-ring (bicyclic) bond motifs is 1. The van der Waals surface area contributed by atoms with E-state index < -0.39 is 5.82 Å². The van der Waals surface area contributed by atoms with Crippen molar-refractivity contribution in [1.82, 2.24) is 24.4 Å². The Morgan fingerprint density at radius 3 is 2.80 bits per heavy atom. The summed E-state index contributed by atoms with van der Waals surface area (Å²) in [4.78, 5) is 4.52. The van der Waals surface area contributed by atoms with Gasteiger partial charge >= 0.3 is 0 Å². The summed E-state index contributed by atoms with van der Waals surface area (Å²) in [5.74, 6) is -0.194. The number of hydrogen-bond acceptors (Lipinski definition) is 5. The maximum Gasteiger partial charge on any atom is 0.244 e. The molecule has 7 nitrogen and oxygen atoms in total. The van der Waals surface area contributed by atoms with Gasteiger partial charge in [0.05, 0.1) is 24.3 Å². The first-order chi connectivity index (χ1) is 11.6. The molecule has 2 N–H and O–H groups in total. The van der Waals surface area contributed by atoms with Crippen LogP contribution in [-0.4, -0.2) is 36.5 Å². The minimum Gasteiger partial charge on any atom is -0.473 e. The van der Waals surface area contributed by atoms with Gasteiger partial charge in [0.15, 0.2) is 11.3 Å². The van der Waals surface area contributed by atoms with Crippen molar-refractivity contribution in [1.29, 1.82) is 0 Å². The van der Waals surface area contributed by atoms with Crippen LogP contribution in [-0.2, 0) is 7.05 Å². The summed E-state index contributed by atoms with van der Waals surface area (Å²) in [6.07, 6.45) is 9.99. The molecule has 2 atom stereocenters. The quantitative estimate of drug-likeness (QED) is 0.769. The highest BCUT2D eigenvalue weighted by Gasteiger charge is 2.24. The van der Waals surface area contributed by atoms with Gasteiger partial charge in [0.1, 0.15) is 6.10 Å². The second-order valence-electron chi connectivity index (χ2n) is 6.29. The predicted molar refractivity (Wildman–Crippen MR) is 93.3 cm³/mol. The Morgan fingerprint density at radius 2 is 2.08 bits per heavy atom. The molecule has 1 aliphatic carbocycles. The molecular weight excluding hydrogens is 347 g/mol. The molecular formula is C16H20ClFN6O. The summed E-state index contributed by atoms with van der Waals surface area (Å²) in [5.41, 5.74) is 7.73.